The first-order valence-electron chi connectivity index (χ1n) is 12.6. The summed E-state index contributed by atoms with van der Waals surface area (Å²) >= 11 is 1.56. The molecule has 1 aromatic heterocycles. The van der Waals surface area contributed by atoms with Gasteiger partial charge < -0.3 is 4.57 Å². The molecule has 0 spiro atoms. The smallest absolute Gasteiger partial charge is 0.243 e. The van der Waals surface area contributed by atoms with Gasteiger partial charge >= 0.3 is 0 Å². The van der Waals surface area contributed by atoms with Gasteiger partial charge in [0.05, 0.1) is 16.3 Å². The molecule has 1 fully saturated rings. The average Bonchev–Trinajstić information content (AvgIpc) is 3.32. The van der Waals surface area contributed by atoms with Gasteiger partial charge in [-0.05, 0) is 60.6 Å². The average molecular weight is 530 g/mol. The SMILES string of the molecule is C=CCn1c(-c2ccc(S(=O)(=O)N3CCC(Cc4ccccc4)CC3)cc2)csc1=Nc1ccccc1. The Labute approximate surface area is 223 Å². The zero-order valence-corrected chi connectivity index (χ0v) is 22.4. The van der Waals surface area contributed by atoms with Crippen LogP contribution in [0.3, 0.4) is 0 Å². The maximum atomic E-state index is 13.4. The highest BCUT2D eigenvalue weighted by atomic mass is 32.2. The van der Waals surface area contributed by atoms with Gasteiger partial charge in [0, 0.05) is 25.0 Å². The second-order valence-electron chi connectivity index (χ2n) is 9.31. The van der Waals surface area contributed by atoms with E-state index in [9.17, 15) is 8.42 Å². The van der Waals surface area contributed by atoms with Crippen LogP contribution in [0, 0.1) is 5.92 Å². The van der Waals surface area contributed by atoms with Crippen LogP contribution in [-0.4, -0.2) is 30.4 Å². The summed E-state index contributed by atoms with van der Waals surface area (Å²) in [6.45, 7) is 5.65. The Kier molecular flexibility index (Phi) is 7.84. The number of nitrogens with zero attached hydrogens (tertiary/aromatic N) is 3. The number of aromatic nitrogens is 1. The number of hydrogen-bond acceptors (Lipinski definition) is 4. The van der Waals surface area contributed by atoms with Crippen LogP contribution >= 0.6 is 11.3 Å². The lowest BCUT2D eigenvalue weighted by Gasteiger charge is -2.31. The Morgan fingerprint density at radius 2 is 1.57 bits per heavy atom. The number of para-hydroxylation sites is 1. The molecule has 0 aliphatic carbocycles. The number of piperidine rings is 1. The second kappa shape index (κ2) is 11.4. The molecule has 1 aliphatic heterocycles. The van der Waals surface area contributed by atoms with Gasteiger partial charge in [0.1, 0.15) is 0 Å². The molecule has 4 aromatic rings. The highest BCUT2D eigenvalue weighted by Gasteiger charge is 2.29. The summed E-state index contributed by atoms with van der Waals surface area (Å²) in [5.41, 5.74) is 4.15. The quantitative estimate of drug-likeness (QED) is 0.252. The van der Waals surface area contributed by atoms with Crippen molar-refractivity contribution in [2.24, 2.45) is 10.9 Å². The largest absolute Gasteiger partial charge is 0.313 e. The number of hydrogen-bond donors (Lipinski definition) is 0. The van der Waals surface area contributed by atoms with Crippen LogP contribution in [-0.2, 0) is 23.0 Å². The van der Waals surface area contributed by atoms with E-state index >= 15 is 0 Å². The van der Waals surface area contributed by atoms with Crippen molar-refractivity contribution in [1.82, 2.24) is 8.87 Å². The molecule has 0 saturated carbocycles. The first kappa shape index (κ1) is 25.4. The molecule has 0 radical (unpaired) electrons. The Bertz CT molecular complexity index is 1500. The van der Waals surface area contributed by atoms with Crippen molar-refractivity contribution in [3.05, 3.63) is 113 Å². The Hall–Kier alpha value is -3.26. The summed E-state index contributed by atoms with van der Waals surface area (Å²) in [6, 6.07) is 27.5. The lowest BCUT2D eigenvalue weighted by molar-refractivity contribution is 0.273. The van der Waals surface area contributed by atoms with Crippen LogP contribution in [0.2, 0.25) is 0 Å². The summed E-state index contributed by atoms with van der Waals surface area (Å²) in [4.78, 5) is 6.00. The van der Waals surface area contributed by atoms with Crippen LogP contribution in [0.5, 0.6) is 0 Å². The highest BCUT2D eigenvalue weighted by Crippen LogP contribution is 2.28. The third kappa shape index (κ3) is 5.85. The molecule has 2 heterocycles. The van der Waals surface area contributed by atoms with Gasteiger partial charge in [0.15, 0.2) is 4.80 Å². The molecular weight excluding hydrogens is 498 g/mol. The summed E-state index contributed by atoms with van der Waals surface area (Å²) in [5.74, 6) is 0.519. The van der Waals surface area contributed by atoms with Gasteiger partial charge in [-0.25, -0.2) is 13.4 Å². The van der Waals surface area contributed by atoms with E-state index in [0.717, 1.165) is 41.0 Å². The first-order valence-corrected chi connectivity index (χ1v) is 14.9. The molecule has 1 saturated heterocycles. The maximum Gasteiger partial charge on any atom is 0.243 e. The Morgan fingerprint density at radius 1 is 0.919 bits per heavy atom. The van der Waals surface area contributed by atoms with Crippen molar-refractivity contribution in [3.8, 4) is 11.3 Å². The minimum Gasteiger partial charge on any atom is -0.313 e. The summed E-state index contributed by atoms with van der Waals surface area (Å²) < 4.78 is 30.5. The molecule has 3 aromatic carbocycles. The van der Waals surface area contributed by atoms with E-state index in [1.165, 1.54) is 5.56 Å². The number of rotatable bonds is 8. The van der Waals surface area contributed by atoms with Crippen molar-refractivity contribution < 1.29 is 8.42 Å². The zero-order valence-electron chi connectivity index (χ0n) is 20.7. The standard InChI is InChI=1S/C30H31N3O2S2/c1-2-19-33-29(23-36-30(33)31-27-11-7-4-8-12-27)26-13-15-28(16-14-26)37(34,35)32-20-17-25(18-21-32)22-24-9-5-3-6-10-24/h2-16,23,25H,1,17-22H2. The number of thiazole rings is 1. The molecule has 0 unspecified atom stereocenters. The number of sulfonamides is 1. The molecule has 0 N–H and O–H groups in total. The fourth-order valence-electron chi connectivity index (χ4n) is 4.82. The Balaban J connectivity index is 1.32. The molecule has 7 heteroatoms. The highest BCUT2D eigenvalue weighted by molar-refractivity contribution is 7.89. The van der Waals surface area contributed by atoms with Crippen LogP contribution in [0.1, 0.15) is 18.4 Å². The van der Waals surface area contributed by atoms with E-state index in [2.05, 4.69) is 40.8 Å². The molecule has 5 rings (SSSR count). The molecule has 0 bridgehead atoms. The second-order valence-corrected chi connectivity index (χ2v) is 12.1. The van der Waals surface area contributed by atoms with E-state index in [4.69, 9.17) is 4.99 Å². The molecule has 0 atom stereocenters. The van der Waals surface area contributed by atoms with Crippen molar-refractivity contribution in [1.29, 1.82) is 0 Å². The van der Waals surface area contributed by atoms with Crippen molar-refractivity contribution in [3.63, 3.8) is 0 Å². The van der Waals surface area contributed by atoms with Crippen molar-refractivity contribution in [2.45, 2.75) is 30.7 Å². The van der Waals surface area contributed by atoms with E-state index in [-0.39, 0.29) is 0 Å². The molecule has 190 valence electrons. The van der Waals surface area contributed by atoms with Gasteiger partial charge in [-0.1, -0.05) is 66.7 Å². The van der Waals surface area contributed by atoms with E-state index < -0.39 is 10.0 Å². The van der Waals surface area contributed by atoms with Gasteiger partial charge in [-0.15, -0.1) is 17.9 Å². The van der Waals surface area contributed by atoms with Gasteiger partial charge in [0.25, 0.3) is 0 Å². The predicted octanol–water partition coefficient (Wildman–Crippen LogP) is 6.28. The molecule has 5 nitrogen and oxygen atoms in total. The van der Waals surface area contributed by atoms with E-state index in [0.29, 0.717) is 30.4 Å². The lowest BCUT2D eigenvalue weighted by Crippen LogP contribution is -2.38. The normalized spacial score (nSPS) is 15.6. The Morgan fingerprint density at radius 3 is 2.22 bits per heavy atom. The van der Waals surface area contributed by atoms with Gasteiger partial charge in [-0.3, -0.25) is 0 Å². The fraction of sp³-hybridized carbons (Fsp3) is 0.233. The van der Waals surface area contributed by atoms with Crippen LogP contribution in [0.15, 0.2) is 113 Å². The molecule has 1 aliphatic rings. The van der Waals surface area contributed by atoms with Crippen molar-refractivity contribution >= 4 is 27.0 Å². The van der Waals surface area contributed by atoms with Gasteiger partial charge in [0.2, 0.25) is 10.0 Å². The minimum absolute atomic E-state index is 0.345. The molecular formula is C30H31N3O2S2. The molecule has 37 heavy (non-hydrogen) atoms. The van der Waals surface area contributed by atoms with Crippen LogP contribution < -0.4 is 4.80 Å². The number of allylic oxidation sites excluding steroid dienone is 1. The summed E-state index contributed by atoms with van der Waals surface area (Å²) in [7, 11) is -3.52. The summed E-state index contributed by atoms with van der Waals surface area (Å²) in [5, 5.41) is 2.06. The topological polar surface area (TPSA) is 54.7 Å². The monoisotopic (exact) mass is 529 g/mol. The predicted molar refractivity (Wildman–Crippen MR) is 151 cm³/mol. The molecule has 0 amide bonds. The van der Waals surface area contributed by atoms with E-state index in [1.54, 1.807) is 27.8 Å². The summed E-state index contributed by atoms with van der Waals surface area (Å²) in [6.07, 6.45) is 4.63. The van der Waals surface area contributed by atoms with Gasteiger partial charge in [-0.2, -0.15) is 4.31 Å². The fourth-order valence-corrected chi connectivity index (χ4v) is 7.22. The lowest BCUT2D eigenvalue weighted by atomic mass is 9.91. The van der Waals surface area contributed by atoms with E-state index in [1.807, 2.05) is 54.6 Å². The third-order valence-electron chi connectivity index (χ3n) is 6.82. The van der Waals surface area contributed by atoms with Crippen molar-refractivity contribution in [2.75, 3.05) is 13.1 Å². The maximum absolute atomic E-state index is 13.4. The first-order chi connectivity index (χ1) is 18.0. The van der Waals surface area contributed by atoms with Crippen LogP contribution in [0.4, 0.5) is 5.69 Å². The number of benzene rings is 3. The zero-order chi connectivity index (χ0) is 25.7. The minimum atomic E-state index is -3.52. The van der Waals surface area contributed by atoms with Crippen LogP contribution in [0.25, 0.3) is 11.3 Å². The third-order valence-corrected chi connectivity index (χ3v) is 9.60.